The number of fused-ring (bicyclic) bond motifs is 1. The largest absolute Gasteiger partial charge is 0.493 e. The van der Waals surface area contributed by atoms with Crippen molar-refractivity contribution in [2.45, 2.75) is 6.54 Å². The lowest BCUT2D eigenvalue weighted by Crippen LogP contribution is -2.03. The quantitative estimate of drug-likeness (QED) is 0.777. The molecule has 0 saturated carbocycles. The molecule has 0 amide bonds. The van der Waals surface area contributed by atoms with E-state index in [2.05, 4.69) is 10.3 Å². The zero-order valence-corrected chi connectivity index (χ0v) is 11.9. The van der Waals surface area contributed by atoms with E-state index in [0.29, 0.717) is 24.1 Å². The molecule has 1 aromatic heterocycles. The van der Waals surface area contributed by atoms with Crippen molar-refractivity contribution < 1.29 is 13.9 Å². The van der Waals surface area contributed by atoms with Gasteiger partial charge in [-0.15, -0.1) is 0 Å². The van der Waals surface area contributed by atoms with Crippen LogP contribution < -0.4 is 14.8 Å². The van der Waals surface area contributed by atoms with Gasteiger partial charge < -0.3 is 19.2 Å². The van der Waals surface area contributed by atoms with Crippen LogP contribution in [0.2, 0.25) is 0 Å². The highest BCUT2D eigenvalue weighted by Gasteiger charge is 2.10. The molecule has 108 valence electrons. The third-order valence-corrected chi connectivity index (χ3v) is 3.21. The molecule has 1 N–H and O–H groups in total. The Morgan fingerprint density at radius 3 is 2.67 bits per heavy atom. The van der Waals surface area contributed by atoms with Crippen molar-refractivity contribution in [1.29, 1.82) is 0 Å². The lowest BCUT2D eigenvalue weighted by Gasteiger charge is -2.12. The molecule has 0 aliphatic rings. The fourth-order valence-electron chi connectivity index (χ4n) is 2.21. The number of rotatable bonds is 5. The SMILES string of the molecule is COc1cccc(CNc2nc3ccccc3o2)c1OC. The van der Waals surface area contributed by atoms with Gasteiger partial charge in [0, 0.05) is 12.1 Å². The topological polar surface area (TPSA) is 56.5 Å². The van der Waals surface area contributed by atoms with Crippen molar-refractivity contribution in [2.24, 2.45) is 0 Å². The van der Waals surface area contributed by atoms with E-state index in [0.717, 1.165) is 16.7 Å². The number of nitrogens with zero attached hydrogens (tertiary/aromatic N) is 1. The van der Waals surface area contributed by atoms with E-state index in [9.17, 15) is 0 Å². The van der Waals surface area contributed by atoms with Gasteiger partial charge in [-0.25, -0.2) is 0 Å². The van der Waals surface area contributed by atoms with Gasteiger partial charge in [-0.1, -0.05) is 24.3 Å². The van der Waals surface area contributed by atoms with E-state index >= 15 is 0 Å². The number of hydrogen-bond acceptors (Lipinski definition) is 5. The normalized spacial score (nSPS) is 10.6. The Kier molecular flexibility index (Phi) is 3.64. The highest BCUT2D eigenvalue weighted by molar-refractivity contribution is 5.74. The fourth-order valence-corrected chi connectivity index (χ4v) is 2.21. The Hall–Kier alpha value is -2.69. The van der Waals surface area contributed by atoms with Crippen LogP contribution in [0.3, 0.4) is 0 Å². The maximum Gasteiger partial charge on any atom is 0.295 e. The summed E-state index contributed by atoms with van der Waals surface area (Å²) in [5.41, 5.74) is 2.56. The minimum Gasteiger partial charge on any atom is -0.493 e. The maximum atomic E-state index is 5.63. The number of para-hydroxylation sites is 3. The van der Waals surface area contributed by atoms with Gasteiger partial charge in [0.15, 0.2) is 17.1 Å². The zero-order chi connectivity index (χ0) is 14.7. The van der Waals surface area contributed by atoms with Crippen molar-refractivity contribution >= 4 is 17.1 Å². The van der Waals surface area contributed by atoms with Crippen molar-refractivity contribution in [3.63, 3.8) is 0 Å². The number of benzene rings is 2. The Morgan fingerprint density at radius 1 is 1.05 bits per heavy atom. The van der Waals surface area contributed by atoms with Crippen LogP contribution in [-0.4, -0.2) is 19.2 Å². The Labute approximate surface area is 122 Å². The monoisotopic (exact) mass is 284 g/mol. The van der Waals surface area contributed by atoms with E-state index in [4.69, 9.17) is 13.9 Å². The standard InChI is InChI=1S/C16H16N2O3/c1-19-14-9-5-6-11(15(14)20-2)10-17-16-18-12-7-3-4-8-13(12)21-16/h3-9H,10H2,1-2H3,(H,17,18). The maximum absolute atomic E-state index is 5.63. The molecule has 3 rings (SSSR count). The summed E-state index contributed by atoms with van der Waals surface area (Å²) in [4.78, 5) is 4.38. The van der Waals surface area contributed by atoms with Gasteiger partial charge in [0.25, 0.3) is 6.01 Å². The van der Waals surface area contributed by atoms with Crippen molar-refractivity contribution in [3.8, 4) is 11.5 Å². The van der Waals surface area contributed by atoms with Crippen LogP contribution in [0.1, 0.15) is 5.56 Å². The van der Waals surface area contributed by atoms with Crippen LogP contribution in [0, 0.1) is 0 Å². The van der Waals surface area contributed by atoms with Gasteiger partial charge in [-0.2, -0.15) is 4.98 Å². The predicted molar refractivity (Wildman–Crippen MR) is 80.9 cm³/mol. The molecule has 0 atom stereocenters. The Morgan fingerprint density at radius 2 is 1.90 bits per heavy atom. The van der Waals surface area contributed by atoms with E-state index in [1.54, 1.807) is 14.2 Å². The van der Waals surface area contributed by atoms with E-state index in [1.165, 1.54) is 0 Å². The Bertz CT molecular complexity index is 719. The van der Waals surface area contributed by atoms with Crippen molar-refractivity contribution in [3.05, 3.63) is 48.0 Å². The second kappa shape index (κ2) is 5.75. The molecule has 21 heavy (non-hydrogen) atoms. The van der Waals surface area contributed by atoms with Gasteiger partial charge in [-0.3, -0.25) is 0 Å². The molecular formula is C16H16N2O3. The molecule has 3 aromatic rings. The molecule has 5 heteroatoms. The molecule has 0 aliphatic heterocycles. The van der Waals surface area contributed by atoms with Gasteiger partial charge in [0.05, 0.1) is 14.2 Å². The number of ether oxygens (including phenoxy) is 2. The van der Waals surface area contributed by atoms with Crippen LogP contribution in [0.25, 0.3) is 11.1 Å². The van der Waals surface area contributed by atoms with Crippen molar-refractivity contribution in [2.75, 3.05) is 19.5 Å². The summed E-state index contributed by atoms with van der Waals surface area (Å²) in [5.74, 6) is 1.41. The second-order valence-corrected chi connectivity index (χ2v) is 4.49. The average molecular weight is 284 g/mol. The molecule has 0 bridgehead atoms. The van der Waals surface area contributed by atoms with Crippen LogP contribution >= 0.6 is 0 Å². The lowest BCUT2D eigenvalue weighted by molar-refractivity contribution is 0.352. The molecule has 0 radical (unpaired) electrons. The smallest absolute Gasteiger partial charge is 0.295 e. The molecule has 0 saturated heterocycles. The van der Waals surface area contributed by atoms with Gasteiger partial charge in [-0.05, 0) is 18.2 Å². The van der Waals surface area contributed by atoms with Crippen LogP contribution in [0.15, 0.2) is 46.9 Å². The summed E-state index contributed by atoms with van der Waals surface area (Å²) in [6.45, 7) is 0.535. The summed E-state index contributed by atoms with van der Waals surface area (Å²) in [6.07, 6.45) is 0. The summed E-state index contributed by atoms with van der Waals surface area (Å²) in [5, 5.41) is 3.16. The second-order valence-electron chi connectivity index (χ2n) is 4.49. The number of hydrogen-bond donors (Lipinski definition) is 1. The minimum absolute atomic E-state index is 0.487. The number of methoxy groups -OCH3 is 2. The van der Waals surface area contributed by atoms with E-state index in [1.807, 2.05) is 42.5 Å². The molecule has 1 heterocycles. The van der Waals surface area contributed by atoms with Gasteiger partial charge >= 0.3 is 0 Å². The van der Waals surface area contributed by atoms with Crippen LogP contribution in [-0.2, 0) is 6.54 Å². The first-order valence-corrected chi connectivity index (χ1v) is 6.61. The third kappa shape index (κ3) is 2.63. The van der Waals surface area contributed by atoms with Gasteiger partial charge in [0.2, 0.25) is 0 Å². The first kappa shape index (κ1) is 13.3. The first-order valence-electron chi connectivity index (χ1n) is 6.61. The summed E-state index contributed by atoms with van der Waals surface area (Å²) < 4.78 is 16.3. The zero-order valence-electron chi connectivity index (χ0n) is 11.9. The fraction of sp³-hybridized carbons (Fsp3) is 0.188. The minimum atomic E-state index is 0.487. The number of aromatic nitrogens is 1. The first-order chi connectivity index (χ1) is 10.3. The summed E-state index contributed by atoms with van der Waals surface area (Å²) in [6, 6.07) is 13.9. The summed E-state index contributed by atoms with van der Waals surface area (Å²) in [7, 11) is 3.25. The van der Waals surface area contributed by atoms with Crippen LogP contribution in [0.4, 0.5) is 6.01 Å². The molecule has 0 unspecified atom stereocenters. The van der Waals surface area contributed by atoms with E-state index in [-0.39, 0.29) is 0 Å². The Balaban J connectivity index is 1.81. The molecule has 2 aromatic carbocycles. The number of oxazole rings is 1. The highest BCUT2D eigenvalue weighted by atomic mass is 16.5. The number of nitrogens with one attached hydrogen (secondary N) is 1. The molecular weight excluding hydrogens is 268 g/mol. The molecule has 0 fully saturated rings. The van der Waals surface area contributed by atoms with E-state index < -0.39 is 0 Å². The predicted octanol–water partition coefficient (Wildman–Crippen LogP) is 3.46. The lowest BCUT2D eigenvalue weighted by atomic mass is 10.2. The highest BCUT2D eigenvalue weighted by Crippen LogP contribution is 2.31. The summed E-state index contributed by atoms with van der Waals surface area (Å²) >= 11 is 0. The molecule has 0 aliphatic carbocycles. The van der Waals surface area contributed by atoms with Crippen LogP contribution in [0.5, 0.6) is 11.5 Å². The molecule has 5 nitrogen and oxygen atoms in total. The average Bonchev–Trinajstić information content (AvgIpc) is 2.95. The molecule has 0 spiro atoms. The third-order valence-electron chi connectivity index (χ3n) is 3.21. The number of anilines is 1. The van der Waals surface area contributed by atoms with Crippen molar-refractivity contribution in [1.82, 2.24) is 4.98 Å². The van der Waals surface area contributed by atoms with Gasteiger partial charge in [0.1, 0.15) is 5.52 Å².